The van der Waals surface area contributed by atoms with Gasteiger partial charge in [-0.05, 0) is 68.5 Å². The fourth-order valence-electron chi connectivity index (χ4n) is 3.87. The minimum absolute atomic E-state index is 0.359. The van der Waals surface area contributed by atoms with Gasteiger partial charge in [-0.15, -0.1) is 11.3 Å². The molecule has 8 nitrogen and oxygen atoms in total. The number of rotatable bonds is 8. The zero-order chi connectivity index (χ0) is 25.7. The molecule has 0 saturated heterocycles. The average molecular weight is 525 g/mol. The number of benzene rings is 2. The van der Waals surface area contributed by atoms with Gasteiger partial charge >= 0.3 is 0 Å². The summed E-state index contributed by atoms with van der Waals surface area (Å²) >= 11 is 7.47. The summed E-state index contributed by atoms with van der Waals surface area (Å²) in [5.41, 5.74) is 10.5. The molecule has 0 bridgehead atoms. The van der Waals surface area contributed by atoms with E-state index in [-0.39, 0.29) is 5.91 Å². The summed E-state index contributed by atoms with van der Waals surface area (Å²) in [6.07, 6.45) is 4.37. The van der Waals surface area contributed by atoms with E-state index in [1.54, 1.807) is 49.4 Å². The van der Waals surface area contributed by atoms with Crippen molar-refractivity contribution in [3.63, 3.8) is 0 Å². The predicted octanol–water partition coefficient (Wildman–Crippen LogP) is 4.55. The van der Waals surface area contributed by atoms with Gasteiger partial charge in [-0.2, -0.15) is 5.10 Å². The Morgan fingerprint density at radius 1 is 1.11 bits per heavy atom. The SMILES string of the molecule is CC(Oc1ccc(C(=O)Nc2sc3c(c2C(N)=O)CCCC3)cc1)C(=O)N/N=C/c1ccccc1Cl. The third-order valence-electron chi connectivity index (χ3n) is 5.73. The second-order valence-corrected chi connectivity index (χ2v) is 9.79. The number of hydrogen-bond donors (Lipinski definition) is 3. The first-order chi connectivity index (χ1) is 17.3. The second-order valence-electron chi connectivity index (χ2n) is 8.27. The molecule has 3 amide bonds. The molecule has 0 fully saturated rings. The molecule has 0 radical (unpaired) electrons. The smallest absolute Gasteiger partial charge is 0.280 e. The number of hydrogen-bond acceptors (Lipinski definition) is 6. The van der Waals surface area contributed by atoms with E-state index in [2.05, 4.69) is 15.8 Å². The van der Waals surface area contributed by atoms with Crippen LogP contribution >= 0.6 is 22.9 Å². The van der Waals surface area contributed by atoms with Gasteiger partial charge in [-0.3, -0.25) is 14.4 Å². The number of ether oxygens (including phenoxy) is 1. The Kier molecular flexibility index (Phi) is 8.02. The summed E-state index contributed by atoms with van der Waals surface area (Å²) in [4.78, 5) is 38.3. The lowest BCUT2D eigenvalue weighted by atomic mass is 9.95. The molecule has 1 heterocycles. The maximum Gasteiger partial charge on any atom is 0.280 e. The van der Waals surface area contributed by atoms with Crippen molar-refractivity contribution < 1.29 is 19.1 Å². The first-order valence-corrected chi connectivity index (χ1v) is 12.6. The van der Waals surface area contributed by atoms with Gasteiger partial charge in [0.25, 0.3) is 17.7 Å². The third-order valence-corrected chi connectivity index (χ3v) is 7.28. The molecule has 2 aromatic carbocycles. The van der Waals surface area contributed by atoms with Crippen LogP contribution in [0.4, 0.5) is 5.00 Å². The fourth-order valence-corrected chi connectivity index (χ4v) is 5.34. The Hall–Kier alpha value is -3.69. The van der Waals surface area contributed by atoms with Gasteiger partial charge in [0.1, 0.15) is 10.8 Å². The van der Waals surface area contributed by atoms with Crippen molar-refractivity contribution in [1.82, 2.24) is 5.43 Å². The first kappa shape index (κ1) is 25.4. The minimum atomic E-state index is -0.830. The highest BCUT2D eigenvalue weighted by atomic mass is 35.5. The van der Waals surface area contributed by atoms with Crippen LogP contribution in [0.15, 0.2) is 53.6 Å². The van der Waals surface area contributed by atoms with Gasteiger partial charge in [-0.25, -0.2) is 5.43 Å². The van der Waals surface area contributed by atoms with E-state index in [1.807, 2.05) is 6.07 Å². The van der Waals surface area contributed by atoms with Crippen molar-refractivity contribution in [3.05, 3.63) is 80.7 Å². The van der Waals surface area contributed by atoms with Crippen molar-refractivity contribution in [3.8, 4) is 5.75 Å². The molecule has 0 saturated carbocycles. The molecule has 10 heteroatoms. The van der Waals surface area contributed by atoms with Crippen LogP contribution in [0, 0.1) is 0 Å². The number of halogens is 1. The number of aryl methyl sites for hydroxylation is 1. The first-order valence-electron chi connectivity index (χ1n) is 11.4. The molecule has 1 aliphatic rings. The highest BCUT2D eigenvalue weighted by Gasteiger charge is 2.25. The van der Waals surface area contributed by atoms with E-state index < -0.39 is 17.9 Å². The van der Waals surface area contributed by atoms with Crippen LogP contribution in [0.1, 0.15) is 56.5 Å². The molecule has 3 aromatic rings. The molecule has 1 aromatic heterocycles. The minimum Gasteiger partial charge on any atom is -0.481 e. The maximum absolute atomic E-state index is 12.8. The number of carbonyl (C=O) groups is 3. The molecular weight excluding hydrogens is 500 g/mol. The molecule has 1 aliphatic carbocycles. The Labute approximate surface area is 217 Å². The number of fused-ring (bicyclic) bond motifs is 1. The van der Waals surface area contributed by atoms with Crippen molar-refractivity contribution in [1.29, 1.82) is 0 Å². The Bertz CT molecular complexity index is 1320. The third kappa shape index (κ3) is 5.92. The molecule has 4 rings (SSSR count). The van der Waals surface area contributed by atoms with E-state index in [0.29, 0.717) is 32.5 Å². The number of primary amides is 1. The lowest BCUT2D eigenvalue weighted by Crippen LogP contribution is -2.33. The molecular formula is C26H25ClN4O4S. The fraction of sp³-hybridized carbons (Fsp3) is 0.231. The number of anilines is 1. The summed E-state index contributed by atoms with van der Waals surface area (Å²) < 4.78 is 5.66. The van der Waals surface area contributed by atoms with Crippen molar-refractivity contribution in [2.45, 2.75) is 38.7 Å². The molecule has 1 unspecified atom stereocenters. The van der Waals surface area contributed by atoms with Gasteiger partial charge < -0.3 is 15.8 Å². The lowest BCUT2D eigenvalue weighted by molar-refractivity contribution is -0.127. The molecule has 0 spiro atoms. The summed E-state index contributed by atoms with van der Waals surface area (Å²) in [5, 5.41) is 7.75. The molecule has 36 heavy (non-hydrogen) atoms. The van der Waals surface area contributed by atoms with Crippen molar-refractivity contribution in [2.75, 3.05) is 5.32 Å². The van der Waals surface area contributed by atoms with Crippen LogP contribution < -0.4 is 21.2 Å². The van der Waals surface area contributed by atoms with Crippen LogP contribution in [0.2, 0.25) is 5.02 Å². The Morgan fingerprint density at radius 3 is 2.56 bits per heavy atom. The summed E-state index contributed by atoms with van der Waals surface area (Å²) in [5.74, 6) is -0.922. The van der Waals surface area contributed by atoms with Crippen LogP contribution in [0.5, 0.6) is 5.75 Å². The van der Waals surface area contributed by atoms with E-state index in [4.69, 9.17) is 22.1 Å². The van der Waals surface area contributed by atoms with E-state index in [1.165, 1.54) is 17.6 Å². The van der Waals surface area contributed by atoms with Gasteiger partial charge in [0.2, 0.25) is 0 Å². The van der Waals surface area contributed by atoms with Crippen molar-refractivity contribution >= 4 is 51.9 Å². The quantitative estimate of drug-likeness (QED) is 0.295. The molecule has 4 N–H and O–H groups in total. The summed E-state index contributed by atoms with van der Waals surface area (Å²) in [6.45, 7) is 1.59. The maximum atomic E-state index is 12.8. The number of nitrogens with zero attached hydrogens (tertiary/aromatic N) is 1. The highest BCUT2D eigenvalue weighted by molar-refractivity contribution is 7.17. The number of nitrogens with two attached hydrogens (primary N) is 1. The van der Waals surface area contributed by atoms with E-state index in [0.717, 1.165) is 36.1 Å². The van der Waals surface area contributed by atoms with Gasteiger partial charge in [0.15, 0.2) is 6.10 Å². The molecule has 1 atom stereocenters. The van der Waals surface area contributed by atoms with Crippen LogP contribution in [0.3, 0.4) is 0 Å². The monoisotopic (exact) mass is 524 g/mol. The largest absolute Gasteiger partial charge is 0.481 e. The van der Waals surface area contributed by atoms with E-state index in [9.17, 15) is 14.4 Å². The number of nitrogens with one attached hydrogen (secondary N) is 2. The van der Waals surface area contributed by atoms with Crippen LogP contribution in [-0.2, 0) is 17.6 Å². The van der Waals surface area contributed by atoms with Gasteiger partial charge in [-0.1, -0.05) is 29.8 Å². The number of amides is 3. The van der Waals surface area contributed by atoms with Gasteiger partial charge in [0.05, 0.1) is 11.8 Å². The number of hydrazone groups is 1. The normalized spacial score (nSPS) is 13.6. The predicted molar refractivity (Wildman–Crippen MR) is 141 cm³/mol. The number of carbonyl (C=O) groups excluding carboxylic acids is 3. The zero-order valence-electron chi connectivity index (χ0n) is 19.5. The molecule has 186 valence electrons. The standard InChI is InChI=1S/C26H25ClN4O4S/c1-15(24(33)31-29-14-17-6-2-4-8-20(17)27)35-18-12-10-16(11-13-18)25(34)30-26-22(23(28)32)19-7-3-5-9-21(19)36-26/h2,4,6,8,10-15H,3,5,7,9H2,1H3,(H2,28,32)(H,30,34)(H,31,33)/b29-14+. The zero-order valence-corrected chi connectivity index (χ0v) is 21.1. The average Bonchev–Trinajstić information content (AvgIpc) is 3.23. The number of thiophene rings is 1. The highest BCUT2D eigenvalue weighted by Crippen LogP contribution is 2.38. The van der Waals surface area contributed by atoms with Gasteiger partial charge in [0, 0.05) is 21.0 Å². The second kappa shape index (κ2) is 11.4. The lowest BCUT2D eigenvalue weighted by Gasteiger charge is -2.13. The van der Waals surface area contributed by atoms with Crippen molar-refractivity contribution in [2.24, 2.45) is 10.8 Å². The Morgan fingerprint density at radius 2 is 1.83 bits per heavy atom. The summed E-state index contributed by atoms with van der Waals surface area (Å²) in [6, 6.07) is 13.5. The van der Waals surface area contributed by atoms with E-state index >= 15 is 0 Å². The van der Waals surface area contributed by atoms with Crippen LogP contribution in [0.25, 0.3) is 0 Å². The van der Waals surface area contributed by atoms with Crippen LogP contribution in [-0.4, -0.2) is 30.0 Å². The topological polar surface area (TPSA) is 123 Å². The molecule has 0 aliphatic heterocycles. The Balaban J connectivity index is 1.35. The summed E-state index contributed by atoms with van der Waals surface area (Å²) in [7, 11) is 0.